The molecule has 3 rings (SSSR count). The molecule has 5 nitrogen and oxygen atoms in total. The second-order valence-corrected chi connectivity index (χ2v) is 5.72. The molecule has 1 saturated carbocycles. The van der Waals surface area contributed by atoms with E-state index in [0.717, 1.165) is 18.3 Å². The first-order chi connectivity index (χ1) is 9.38. The van der Waals surface area contributed by atoms with Crippen LogP contribution in [0.25, 0.3) is 0 Å². The number of rotatable bonds is 3. The molecule has 2 heterocycles. The Kier molecular flexibility index (Phi) is 4.13. The summed E-state index contributed by atoms with van der Waals surface area (Å²) < 4.78 is 11.0. The van der Waals surface area contributed by atoms with Crippen molar-refractivity contribution in [1.82, 2.24) is 15.5 Å². The Bertz CT molecular complexity index is 399. The van der Waals surface area contributed by atoms with Crippen molar-refractivity contribution in [3.05, 3.63) is 11.7 Å². The quantitative estimate of drug-likeness (QED) is 0.849. The van der Waals surface area contributed by atoms with Crippen molar-refractivity contribution in [2.75, 3.05) is 20.3 Å². The summed E-state index contributed by atoms with van der Waals surface area (Å²) in [5.41, 5.74) is 0. The van der Waals surface area contributed by atoms with Crippen molar-refractivity contribution in [3.63, 3.8) is 0 Å². The van der Waals surface area contributed by atoms with Gasteiger partial charge >= 0.3 is 0 Å². The predicted molar refractivity (Wildman–Crippen MR) is 71.1 cm³/mol. The Morgan fingerprint density at radius 2 is 1.89 bits per heavy atom. The van der Waals surface area contributed by atoms with Crippen molar-refractivity contribution in [3.8, 4) is 0 Å². The Morgan fingerprint density at radius 3 is 2.63 bits per heavy atom. The molecule has 2 fully saturated rings. The summed E-state index contributed by atoms with van der Waals surface area (Å²) >= 11 is 0. The van der Waals surface area contributed by atoms with E-state index in [1.165, 1.54) is 38.5 Å². The van der Waals surface area contributed by atoms with Crippen molar-refractivity contribution < 1.29 is 9.26 Å². The number of likely N-dealkylation sites (N-methyl/N-ethyl adjacent to an activating group) is 1. The molecule has 0 aromatic carbocycles. The van der Waals surface area contributed by atoms with Crippen molar-refractivity contribution in [1.29, 1.82) is 0 Å². The van der Waals surface area contributed by atoms with Gasteiger partial charge < -0.3 is 14.6 Å². The Hall–Kier alpha value is -0.940. The summed E-state index contributed by atoms with van der Waals surface area (Å²) in [7, 11) is 1.95. The molecule has 0 spiro atoms. The molecule has 1 N–H and O–H groups in total. The second kappa shape index (κ2) is 6.01. The third-order valence-electron chi connectivity index (χ3n) is 4.45. The summed E-state index contributed by atoms with van der Waals surface area (Å²) in [5.74, 6) is 2.36. The van der Waals surface area contributed by atoms with Crippen LogP contribution in [0.3, 0.4) is 0 Å². The Morgan fingerprint density at radius 1 is 1.11 bits per heavy atom. The molecule has 1 aromatic rings. The maximum atomic E-state index is 5.50. The van der Waals surface area contributed by atoms with E-state index in [1.807, 2.05) is 7.05 Å². The fraction of sp³-hybridized carbons (Fsp3) is 0.857. The monoisotopic (exact) mass is 265 g/mol. The normalized spacial score (nSPS) is 29.5. The van der Waals surface area contributed by atoms with Crippen molar-refractivity contribution >= 4 is 0 Å². The molecular formula is C14H23N3O2. The molecule has 0 radical (unpaired) electrons. The van der Waals surface area contributed by atoms with Crippen LogP contribution in [-0.2, 0) is 4.74 Å². The summed E-state index contributed by atoms with van der Waals surface area (Å²) in [6, 6.07) is 0.294. The van der Waals surface area contributed by atoms with Crippen LogP contribution >= 0.6 is 0 Å². The zero-order valence-corrected chi connectivity index (χ0v) is 11.6. The first-order valence-electron chi connectivity index (χ1n) is 7.47. The number of aromatic nitrogens is 2. The Balaban J connectivity index is 1.71. The highest BCUT2D eigenvalue weighted by atomic mass is 16.5. The summed E-state index contributed by atoms with van der Waals surface area (Å²) in [5, 5.41) is 7.48. The van der Waals surface area contributed by atoms with Crippen LogP contribution < -0.4 is 5.32 Å². The molecular weight excluding hydrogens is 242 g/mol. The minimum absolute atomic E-state index is 0.206. The van der Waals surface area contributed by atoms with E-state index in [9.17, 15) is 0 Å². The van der Waals surface area contributed by atoms with Gasteiger partial charge in [0.1, 0.15) is 0 Å². The van der Waals surface area contributed by atoms with E-state index in [4.69, 9.17) is 9.26 Å². The highest BCUT2D eigenvalue weighted by molar-refractivity contribution is 5.04. The van der Waals surface area contributed by atoms with Crippen LogP contribution in [0.15, 0.2) is 4.52 Å². The fourth-order valence-electron chi connectivity index (χ4n) is 3.18. The summed E-state index contributed by atoms with van der Waals surface area (Å²) in [6.07, 6.45) is 7.69. The maximum Gasteiger partial charge on any atom is 0.233 e. The van der Waals surface area contributed by atoms with Gasteiger partial charge in [0.15, 0.2) is 5.82 Å². The Labute approximate surface area is 114 Å². The van der Waals surface area contributed by atoms with E-state index in [0.29, 0.717) is 18.6 Å². The van der Waals surface area contributed by atoms with Crippen LogP contribution in [0, 0.1) is 0 Å². The van der Waals surface area contributed by atoms with Crippen LogP contribution in [0.1, 0.15) is 62.1 Å². The summed E-state index contributed by atoms with van der Waals surface area (Å²) in [4.78, 5) is 4.66. The molecule has 1 aliphatic heterocycles. The molecule has 2 aliphatic rings. The first-order valence-corrected chi connectivity index (χ1v) is 7.47. The largest absolute Gasteiger partial charge is 0.379 e. The van der Waals surface area contributed by atoms with Crippen molar-refractivity contribution in [2.45, 2.75) is 56.4 Å². The lowest BCUT2D eigenvalue weighted by atomic mass is 9.99. The number of nitrogens with one attached hydrogen (secondary N) is 1. The first kappa shape index (κ1) is 13.1. The molecule has 106 valence electrons. The zero-order chi connectivity index (χ0) is 13.1. The van der Waals surface area contributed by atoms with Crippen LogP contribution in [0.2, 0.25) is 0 Å². The minimum atomic E-state index is 0.206. The molecule has 2 unspecified atom stereocenters. The van der Waals surface area contributed by atoms with Crippen LogP contribution in [0.4, 0.5) is 0 Å². The van der Waals surface area contributed by atoms with Gasteiger partial charge in [-0.25, -0.2) is 0 Å². The van der Waals surface area contributed by atoms with E-state index in [2.05, 4.69) is 15.5 Å². The number of hydrogen-bond acceptors (Lipinski definition) is 5. The average molecular weight is 265 g/mol. The molecule has 5 heteroatoms. The molecule has 0 amide bonds. The van der Waals surface area contributed by atoms with Gasteiger partial charge in [0.25, 0.3) is 0 Å². The third-order valence-corrected chi connectivity index (χ3v) is 4.45. The molecule has 1 saturated heterocycles. The summed E-state index contributed by atoms with van der Waals surface area (Å²) in [6.45, 7) is 1.40. The van der Waals surface area contributed by atoms with Gasteiger partial charge in [0.2, 0.25) is 5.89 Å². The van der Waals surface area contributed by atoms with Crippen molar-refractivity contribution in [2.24, 2.45) is 0 Å². The van der Waals surface area contributed by atoms with E-state index < -0.39 is 0 Å². The lowest BCUT2D eigenvalue weighted by Crippen LogP contribution is -2.31. The minimum Gasteiger partial charge on any atom is -0.379 e. The fourth-order valence-corrected chi connectivity index (χ4v) is 3.18. The van der Waals surface area contributed by atoms with Crippen LogP contribution in [0.5, 0.6) is 0 Å². The third kappa shape index (κ3) is 2.82. The lowest BCUT2D eigenvalue weighted by molar-refractivity contribution is 0.185. The molecule has 0 bridgehead atoms. The van der Waals surface area contributed by atoms with E-state index >= 15 is 0 Å². The van der Waals surface area contributed by atoms with Gasteiger partial charge in [-0.15, -0.1) is 0 Å². The predicted octanol–water partition coefficient (Wildman–Crippen LogP) is 2.21. The molecule has 2 atom stereocenters. The second-order valence-electron chi connectivity index (χ2n) is 5.72. The van der Waals surface area contributed by atoms with Gasteiger partial charge in [0, 0.05) is 12.0 Å². The number of hydrogen-bond donors (Lipinski definition) is 1. The SMILES string of the molecule is CNC1COCC1c1nc(C2CCCCCC2)no1. The highest BCUT2D eigenvalue weighted by Gasteiger charge is 2.33. The molecule has 19 heavy (non-hydrogen) atoms. The molecule has 1 aliphatic carbocycles. The number of ether oxygens (including phenoxy) is 1. The van der Waals surface area contributed by atoms with Crippen LogP contribution in [-0.4, -0.2) is 36.4 Å². The topological polar surface area (TPSA) is 60.2 Å². The van der Waals surface area contributed by atoms with Gasteiger partial charge in [-0.1, -0.05) is 30.8 Å². The van der Waals surface area contributed by atoms with Gasteiger partial charge in [-0.2, -0.15) is 4.98 Å². The lowest BCUT2D eigenvalue weighted by Gasteiger charge is -2.12. The zero-order valence-electron chi connectivity index (χ0n) is 11.6. The highest BCUT2D eigenvalue weighted by Crippen LogP contribution is 2.31. The van der Waals surface area contributed by atoms with E-state index in [1.54, 1.807) is 0 Å². The maximum absolute atomic E-state index is 5.50. The van der Waals surface area contributed by atoms with Gasteiger partial charge in [-0.3, -0.25) is 0 Å². The van der Waals surface area contributed by atoms with Gasteiger partial charge in [0.05, 0.1) is 19.1 Å². The number of nitrogens with zero attached hydrogens (tertiary/aromatic N) is 2. The molecule has 1 aromatic heterocycles. The average Bonchev–Trinajstić information content (AvgIpc) is 3.01. The standard InChI is InChI=1S/C14H23N3O2/c1-15-12-9-18-8-11(12)14-16-13(17-19-14)10-6-4-2-3-5-7-10/h10-12,15H,2-9H2,1H3. The van der Waals surface area contributed by atoms with E-state index in [-0.39, 0.29) is 5.92 Å². The van der Waals surface area contributed by atoms with Gasteiger partial charge in [-0.05, 0) is 19.9 Å². The smallest absolute Gasteiger partial charge is 0.233 e.